The maximum absolute atomic E-state index is 8.94. The molecule has 1 saturated carbocycles. The Kier molecular flexibility index (Phi) is 3.09. The van der Waals surface area contributed by atoms with E-state index in [9.17, 15) is 0 Å². The fraction of sp³-hybridized carbons (Fsp3) is 0.538. The van der Waals surface area contributed by atoms with E-state index < -0.39 is 0 Å². The molecule has 0 aliphatic heterocycles. The number of nitrogens with zero attached hydrogens (tertiary/aromatic N) is 2. The smallest absolute Gasteiger partial charge is 0.143 e. The van der Waals surface area contributed by atoms with Crippen molar-refractivity contribution in [1.82, 2.24) is 4.98 Å². The lowest BCUT2D eigenvalue weighted by Gasteiger charge is -2.15. The van der Waals surface area contributed by atoms with Crippen LogP contribution in [-0.2, 0) is 0 Å². The van der Waals surface area contributed by atoms with Gasteiger partial charge in [0.25, 0.3) is 0 Å². The third kappa shape index (κ3) is 2.33. The number of aromatic nitrogens is 1. The van der Waals surface area contributed by atoms with Crippen LogP contribution in [0.25, 0.3) is 0 Å². The van der Waals surface area contributed by atoms with Crippen LogP contribution in [0.5, 0.6) is 0 Å². The zero-order valence-electron chi connectivity index (χ0n) is 9.66. The Morgan fingerprint density at radius 3 is 3.00 bits per heavy atom. The Labute approximate surface area is 96.5 Å². The summed E-state index contributed by atoms with van der Waals surface area (Å²) in [5.41, 5.74) is 1.12. The number of hydrogen-bond acceptors (Lipinski definition) is 3. The molecular weight excluding hydrogens is 198 g/mol. The van der Waals surface area contributed by atoms with Gasteiger partial charge in [-0.25, -0.2) is 4.98 Å². The van der Waals surface area contributed by atoms with Gasteiger partial charge in [-0.2, -0.15) is 5.26 Å². The van der Waals surface area contributed by atoms with Crippen molar-refractivity contribution in [2.24, 2.45) is 5.41 Å². The van der Waals surface area contributed by atoms with Gasteiger partial charge in [0.1, 0.15) is 11.9 Å². The largest absolute Gasteiger partial charge is 0.368 e. The molecule has 3 nitrogen and oxygen atoms in total. The summed E-state index contributed by atoms with van der Waals surface area (Å²) in [6.45, 7) is 3.17. The van der Waals surface area contributed by atoms with Crippen molar-refractivity contribution in [1.29, 1.82) is 5.26 Å². The lowest BCUT2D eigenvalue weighted by molar-refractivity contribution is 0.485. The molecule has 0 unspecified atom stereocenters. The molecule has 0 radical (unpaired) electrons. The van der Waals surface area contributed by atoms with E-state index in [1.807, 2.05) is 0 Å². The third-order valence-corrected chi connectivity index (χ3v) is 3.30. The second-order valence-electron chi connectivity index (χ2n) is 4.61. The number of nitriles is 1. The Balaban J connectivity index is 1.97. The summed E-state index contributed by atoms with van der Waals surface area (Å²) in [6, 6.07) is 5.75. The van der Waals surface area contributed by atoms with Crippen molar-refractivity contribution < 1.29 is 0 Å². The Bertz CT molecular complexity index is 402. The van der Waals surface area contributed by atoms with Crippen molar-refractivity contribution in [3.8, 4) is 6.07 Å². The summed E-state index contributed by atoms with van der Waals surface area (Å²) < 4.78 is 0. The third-order valence-electron chi connectivity index (χ3n) is 3.30. The Morgan fingerprint density at radius 2 is 2.38 bits per heavy atom. The van der Waals surface area contributed by atoms with E-state index >= 15 is 0 Å². The molecule has 0 bridgehead atoms. The van der Waals surface area contributed by atoms with Gasteiger partial charge >= 0.3 is 0 Å². The van der Waals surface area contributed by atoms with Crippen LogP contribution in [0.3, 0.4) is 0 Å². The van der Waals surface area contributed by atoms with Crippen molar-refractivity contribution >= 4 is 5.82 Å². The van der Waals surface area contributed by atoms with Crippen LogP contribution in [0, 0.1) is 16.7 Å². The molecular formula is C13H17N3. The van der Waals surface area contributed by atoms with E-state index in [1.165, 1.54) is 25.7 Å². The van der Waals surface area contributed by atoms with Gasteiger partial charge in [-0.05, 0) is 36.8 Å². The number of rotatable bonds is 5. The predicted molar refractivity (Wildman–Crippen MR) is 64.0 cm³/mol. The summed E-state index contributed by atoms with van der Waals surface area (Å²) in [5, 5.41) is 12.3. The van der Waals surface area contributed by atoms with E-state index in [2.05, 4.69) is 23.3 Å². The second kappa shape index (κ2) is 4.52. The average Bonchev–Trinajstić information content (AvgIpc) is 3.08. The number of anilines is 1. The molecule has 1 aliphatic carbocycles. The van der Waals surface area contributed by atoms with Gasteiger partial charge in [-0.3, -0.25) is 0 Å². The maximum atomic E-state index is 8.94. The highest BCUT2D eigenvalue weighted by Crippen LogP contribution is 2.49. The zero-order valence-corrected chi connectivity index (χ0v) is 9.66. The first-order valence-electron chi connectivity index (χ1n) is 5.89. The van der Waals surface area contributed by atoms with Gasteiger partial charge in [-0.1, -0.05) is 13.3 Å². The molecule has 3 heteroatoms. The van der Waals surface area contributed by atoms with Gasteiger partial charge in [0, 0.05) is 12.7 Å². The van der Waals surface area contributed by atoms with Crippen LogP contribution in [0.4, 0.5) is 5.82 Å². The molecule has 0 aromatic carbocycles. The van der Waals surface area contributed by atoms with Crippen molar-refractivity contribution in [2.75, 3.05) is 11.9 Å². The van der Waals surface area contributed by atoms with Crippen LogP contribution in [-0.4, -0.2) is 11.5 Å². The van der Waals surface area contributed by atoms with Crippen molar-refractivity contribution in [3.63, 3.8) is 0 Å². The molecule has 1 heterocycles. The standard InChI is InChI=1S/C13H17N3/c1-2-5-13(6-7-13)10-16-12-11(9-14)4-3-8-15-12/h3-4,8H,2,5-7,10H2,1H3,(H,15,16). The minimum absolute atomic E-state index is 0.485. The first kappa shape index (κ1) is 10.9. The highest BCUT2D eigenvalue weighted by Gasteiger charge is 2.41. The predicted octanol–water partition coefficient (Wildman–Crippen LogP) is 2.95. The first-order valence-corrected chi connectivity index (χ1v) is 5.89. The SMILES string of the molecule is CCCC1(CNc2ncccc2C#N)CC1. The van der Waals surface area contributed by atoms with Gasteiger partial charge in [-0.15, -0.1) is 0 Å². The van der Waals surface area contributed by atoms with Crippen molar-refractivity contribution in [3.05, 3.63) is 23.9 Å². The van der Waals surface area contributed by atoms with Crippen LogP contribution < -0.4 is 5.32 Å². The van der Waals surface area contributed by atoms with Gasteiger partial charge in [0.15, 0.2) is 0 Å². The number of nitrogens with one attached hydrogen (secondary N) is 1. The molecule has 16 heavy (non-hydrogen) atoms. The van der Waals surface area contributed by atoms with E-state index in [-0.39, 0.29) is 0 Å². The molecule has 2 rings (SSSR count). The van der Waals surface area contributed by atoms with Crippen molar-refractivity contribution in [2.45, 2.75) is 32.6 Å². The summed E-state index contributed by atoms with van der Waals surface area (Å²) in [5.74, 6) is 0.729. The van der Waals surface area contributed by atoms with Crippen LogP contribution in [0.1, 0.15) is 38.2 Å². The van der Waals surface area contributed by atoms with Crippen LogP contribution in [0.2, 0.25) is 0 Å². The lowest BCUT2D eigenvalue weighted by Crippen LogP contribution is -2.16. The molecule has 84 valence electrons. The summed E-state index contributed by atoms with van der Waals surface area (Å²) in [7, 11) is 0. The van der Waals surface area contributed by atoms with E-state index in [4.69, 9.17) is 5.26 Å². The fourth-order valence-corrected chi connectivity index (χ4v) is 2.13. The minimum atomic E-state index is 0.485. The highest BCUT2D eigenvalue weighted by molar-refractivity contribution is 5.51. The maximum Gasteiger partial charge on any atom is 0.143 e. The molecule has 1 fully saturated rings. The summed E-state index contributed by atoms with van der Waals surface area (Å²) in [4.78, 5) is 4.21. The molecule has 0 spiro atoms. The number of hydrogen-bond donors (Lipinski definition) is 1. The summed E-state index contributed by atoms with van der Waals surface area (Å²) >= 11 is 0. The van der Waals surface area contributed by atoms with Crippen LogP contribution >= 0.6 is 0 Å². The molecule has 0 saturated heterocycles. The molecule has 0 atom stereocenters. The first-order chi connectivity index (χ1) is 7.79. The minimum Gasteiger partial charge on any atom is -0.368 e. The lowest BCUT2D eigenvalue weighted by atomic mass is 10.0. The van der Waals surface area contributed by atoms with Gasteiger partial charge in [0.2, 0.25) is 0 Å². The topological polar surface area (TPSA) is 48.7 Å². The van der Waals surface area contributed by atoms with Crippen LogP contribution in [0.15, 0.2) is 18.3 Å². The quantitative estimate of drug-likeness (QED) is 0.821. The highest BCUT2D eigenvalue weighted by atomic mass is 15.0. The summed E-state index contributed by atoms with van der Waals surface area (Å²) in [6.07, 6.45) is 6.84. The molecule has 1 N–H and O–H groups in total. The zero-order chi connectivity index (χ0) is 11.4. The Morgan fingerprint density at radius 1 is 1.56 bits per heavy atom. The normalized spacial score (nSPS) is 16.5. The molecule has 1 aliphatic rings. The molecule has 1 aromatic heterocycles. The van der Waals surface area contributed by atoms with Gasteiger partial charge < -0.3 is 5.32 Å². The fourth-order valence-electron chi connectivity index (χ4n) is 2.13. The second-order valence-corrected chi connectivity index (χ2v) is 4.61. The molecule has 1 aromatic rings. The molecule has 0 amide bonds. The van der Waals surface area contributed by atoms with E-state index in [1.54, 1.807) is 18.3 Å². The Hall–Kier alpha value is -1.56. The van der Waals surface area contributed by atoms with Gasteiger partial charge in [0.05, 0.1) is 5.56 Å². The number of pyridine rings is 1. The van der Waals surface area contributed by atoms with E-state index in [0.717, 1.165) is 12.4 Å². The monoisotopic (exact) mass is 215 g/mol. The average molecular weight is 215 g/mol. The van der Waals surface area contributed by atoms with E-state index in [0.29, 0.717) is 11.0 Å².